The van der Waals surface area contributed by atoms with Crippen molar-refractivity contribution < 1.29 is 0 Å². The van der Waals surface area contributed by atoms with Crippen LogP contribution in [0.25, 0.3) is 5.57 Å². The highest BCUT2D eigenvalue weighted by Crippen LogP contribution is 2.23. The Balaban J connectivity index is 2.39. The molecule has 2 N–H and O–H groups in total. The van der Waals surface area contributed by atoms with Crippen molar-refractivity contribution in [3.63, 3.8) is 0 Å². The van der Waals surface area contributed by atoms with Crippen molar-refractivity contribution in [3.8, 4) is 18.2 Å². The van der Waals surface area contributed by atoms with Crippen molar-refractivity contribution in [2.75, 3.05) is 5.32 Å². The predicted molar refractivity (Wildman–Crippen MR) is 72.0 cm³/mol. The van der Waals surface area contributed by atoms with Gasteiger partial charge in [-0.15, -0.1) is 10.2 Å². The lowest BCUT2D eigenvalue weighted by Gasteiger charge is -2.08. The molecule has 2 rings (SSSR count). The Hall–Kier alpha value is -3.70. The smallest absolute Gasteiger partial charge is 0.216 e. The molecule has 0 unspecified atom stereocenters. The maximum atomic E-state index is 9.14. The number of H-pyrrole nitrogens is 1. The summed E-state index contributed by atoms with van der Waals surface area (Å²) in [6.07, 6.45) is 1.39. The zero-order valence-electron chi connectivity index (χ0n) is 10.9. The zero-order chi connectivity index (χ0) is 15.2. The van der Waals surface area contributed by atoms with Gasteiger partial charge in [-0.25, -0.2) is 0 Å². The molecule has 0 bridgehead atoms. The van der Waals surface area contributed by atoms with Crippen LogP contribution in [0.2, 0.25) is 0 Å². The fraction of sp³-hybridized carbons (Fsp3) is 0.0769. The molecule has 0 spiro atoms. The van der Waals surface area contributed by atoms with Gasteiger partial charge in [-0.3, -0.25) is 0 Å². The van der Waals surface area contributed by atoms with Gasteiger partial charge in [0.1, 0.15) is 17.7 Å². The first-order valence-corrected chi connectivity index (χ1v) is 5.75. The van der Waals surface area contributed by atoms with Gasteiger partial charge >= 0.3 is 0 Å². The van der Waals surface area contributed by atoms with E-state index in [1.54, 1.807) is 13.0 Å². The number of tetrazole rings is 1. The van der Waals surface area contributed by atoms with Gasteiger partial charge in [0, 0.05) is 6.20 Å². The summed E-state index contributed by atoms with van der Waals surface area (Å²) in [5.41, 5.74) is 2.11. The van der Waals surface area contributed by atoms with Gasteiger partial charge in [0.05, 0.1) is 22.9 Å². The van der Waals surface area contributed by atoms with E-state index < -0.39 is 0 Å². The van der Waals surface area contributed by atoms with Crippen molar-refractivity contribution in [2.45, 2.75) is 6.92 Å². The van der Waals surface area contributed by atoms with Crippen LogP contribution in [0.5, 0.6) is 0 Å². The summed E-state index contributed by atoms with van der Waals surface area (Å²) in [7, 11) is 0. The Bertz CT molecular complexity index is 812. The van der Waals surface area contributed by atoms with Crippen LogP contribution in [0.3, 0.4) is 0 Å². The second-order valence-electron chi connectivity index (χ2n) is 3.99. The molecule has 0 aliphatic rings. The average Bonchev–Trinajstić information content (AvgIpc) is 3.02. The lowest BCUT2D eigenvalue weighted by Crippen LogP contribution is -1.98. The Labute approximate surface area is 119 Å². The average molecular weight is 276 g/mol. The van der Waals surface area contributed by atoms with Crippen LogP contribution < -0.4 is 5.32 Å². The number of hydrogen-bond acceptors (Lipinski definition) is 7. The van der Waals surface area contributed by atoms with Gasteiger partial charge in [0.2, 0.25) is 5.82 Å². The summed E-state index contributed by atoms with van der Waals surface area (Å²) >= 11 is 0. The van der Waals surface area contributed by atoms with Gasteiger partial charge in [-0.2, -0.15) is 21.0 Å². The molecule has 8 heteroatoms. The molecule has 1 aromatic heterocycles. The van der Waals surface area contributed by atoms with Gasteiger partial charge in [0.15, 0.2) is 0 Å². The minimum Gasteiger partial charge on any atom is -0.359 e. The fourth-order valence-electron chi connectivity index (χ4n) is 1.70. The van der Waals surface area contributed by atoms with Gasteiger partial charge in [0.25, 0.3) is 0 Å². The second kappa shape index (κ2) is 5.96. The molecule has 2 aromatic rings. The molecular weight excluding hydrogens is 268 g/mol. The minimum atomic E-state index is 0.148. The first kappa shape index (κ1) is 13.7. The van der Waals surface area contributed by atoms with E-state index in [2.05, 4.69) is 25.9 Å². The highest BCUT2D eigenvalue weighted by atomic mass is 15.5. The fourth-order valence-corrected chi connectivity index (χ4v) is 1.70. The van der Waals surface area contributed by atoms with Crippen LogP contribution in [-0.4, -0.2) is 20.6 Å². The van der Waals surface area contributed by atoms with Crippen molar-refractivity contribution in [1.82, 2.24) is 20.6 Å². The Kier molecular flexibility index (Phi) is 3.90. The normalized spacial score (nSPS) is 10.3. The van der Waals surface area contributed by atoms with Crippen molar-refractivity contribution in [2.24, 2.45) is 0 Å². The van der Waals surface area contributed by atoms with Crippen molar-refractivity contribution >= 4 is 11.3 Å². The lowest BCUT2D eigenvalue weighted by molar-refractivity contribution is 0.881. The Morgan fingerprint density at radius 1 is 1.29 bits per heavy atom. The SMILES string of the molecule is Cc1cc(C#N)cc(C#N)c1NC=C(C#N)c1nn[nH]n1. The molecule has 1 heterocycles. The standard InChI is InChI=1S/C13H8N8/c1-8-2-9(4-14)3-10(5-15)12(8)17-7-11(6-16)13-18-20-21-19-13/h2-3,7,17H,1H3,(H,18,19,20,21). The summed E-state index contributed by atoms with van der Waals surface area (Å²) in [6, 6.07) is 9.06. The van der Waals surface area contributed by atoms with Crippen LogP contribution in [0, 0.1) is 40.9 Å². The van der Waals surface area contributed by atoms with E-state index in [-0.39, 0.29) is 11.4 Å². The third-order valence-corrected chi connectivity index (χ3v) is 2.65. The number of anilines is 1. The predicted octanol–water partition coefficient (Wildman–Crippen LogP) is 1.23. The third kappa shape index (κ3) is 2.83. The highest BCUT2D eigenvalue weighted by molar-refractivity contribution is 5.76. The molecular formula is C13H8N8. The van der Waals surface area contributed by atoms with E-state index in [9.17, 15) is 0 Å². The Morgan fingerprint density at radius 3 is 2.67 bits per heavy atom. The van der Waals surface area contributed by atoms with Crippen LogP contribution in [-0.2, 0) is 0 Å². The molecule has 0 atom stereocenters. The zero-order valence-corrected chi connectivity index (χ0v) is 10.9. The van der Waals surface area contributed by atoms with E-state index in [1.165, 1.54) is 12.3 Å². The van der Waals surface area contributed by atoms with Crippen LogP contribution in [0.1, 0.15) is 22.5 Å². The third-order valence-electron chi connectivity index (χ3n) is 2.65. The molecule has 0 saturated heterocycles. The number of rotatable bonds is 3. The van der Waals surface area contributed by atoms with Gasteiger partial charge < -0.3 is 5.32 Å². The molecule has 100 valence electrons. The molecule has 0 radical (unpaired) electrons. The van der Waals surface area contributed by atoms with E-state index in [1.807, 2.05) is 18.2 Å². The molecule has 0 saturated carbocycles. The number of benzene rings is 1. The molecule has 0 amide bonds. The van der Waals surface area contributed by atoms with Crippen LogP contribution >= 0.6 is 0 Å². The summed E-state index contributed by atoms with van der Waals surface area (Å²) in [5, 5.41) is 43.0. The number of nitriles is 3. The molecule has 21 heavy (non-hydrogen) atoms. The van der Waals surface area contributed by atoms with E-state index >= 15 is 0 Å². The first-order chi connectivity index (χ1) is 10.2. The van der Waals surface area contributed by atoms with Crippen LogP contribution in [0.4, 0.5) is 5.69 Å². The number of aryl methyl sites for hydroxylation is 1. The molecule has 0 aliphatic carbocycles. The number of aromatic amines is 1. The highest BCUT2D eigenvalue weighted by Gasteiger charge is 2.09. The molecule has 1 aromatic carbocycles. The lowest BCUT2D eigenvalue weighted by atomic mass is 10.0. The summed E-state index contributed by atoms with van der Waals surface area (Å²) < 4.78 is 0. The minimum absolute atomic E-state index is 0.148. The van der Waals surface area contributed by atoms with Gasteiger partial charge in [-0.05, 0) is 29.8 Å². The van der Waals surface area contributed by atoms with E-state index in [0.717, 1.165) is 0 Å². The monoisotopic (exact) mass is 276 g/mol. The Morgan fingerprint density at radius 2 is 2.10 bits per heavy atom. The van der Waals surface area contributed by atoms with E-state index in [4.69, 9.17) is 15.8 Å². The van der Waals surface area contributed by atoms with E-state index in [0.29, 0.717) is 22.4 Å². The number of hydrogen-bond donors (Lipinski definition) is 2. The number of nitrogens with one attached hydrogen (secondary N) is 2. The maximum absolute atomic E-state index is 9.14. The summed E-state index contributed by atoms with van der Waals surface area (Å²) in [5.74, 6) is 0.148. The quantitative estimate of drug-likeness (QED) is 0.803. The first-order valence-electron chi connectivity index (χ1n) is 5.75. The largest absolute Gasteiger partial charge is 0.359 e. The van der Waals surface area contributed by atoms with Gasteiger partial charge in [-0.1, -0.05) is 0 Å². The molecule has 8 nitrogen and oxygen atoms in total. The number of aromatic nitrogens is 4. The number of allylic oxidation sites excluding steroid dienone is 1. The maximum Gasteiger partial charge on any atom is 0.216 e. The summed E-state index contributed by atoms with van der Waals surface area (Å²) in [4.78, 5) is 0. The van der Waals surface area contributed by atoms with Crippen molar-refractivity contribution in [1.29, 1.82) is 15.8 Å². The second-order valence-corrected chi connectivity index (χ2v) is 3.99. The number of nitrogens with zero attached hydrogens (tertiary/aromatic N) is 6. The topological polar surface area (TPSA) is 138 Å². The van der Waals surface area contributed by atoms with Crippen LogP contribution in [0.15, 0.2) is 18.3 Å². The molecule has 0 aliphatic heterocycles. The van der Waals surface area contributed by atoms with Crippen molar-refractivity contribution in [3.05, 3.63) is 40.8 Å². The molecule has 0 fully saturated rings. The summed E-state index contributed by atoms with van der Waals surface area (Å²) in [6.45, 7) is 1.76.